The fourth-order valence-corrected chi connectivity index (χ4v) is 4.32. The molecule has 0 fully saturated rings. The number of esters is 1. The lowest BCUT2D eigenvalue weighted by Gasteiger charge is -2.03. The smallest absolute Gasteiger partial charge is 0.341 e. The molecule has 0 aliphatic rings. The van der Waals surface area contributed by atoms with Gasteiger partial charge in [-0.25, -0.2) is 9.78 Å². The molecule has 4 aromatic rings. The summed E-state index contributed by atoms with van der Waals surface area (Å²) in [6.07, 6.45) is 7.49. The van der Waals surface area contributed by atoms with Crippen LogP contribution in [0.15, 0.2) is 60.9 Å². The molecule has 32 heavy (non-hydrogen) atoms. The van der Waals surface area contributed by atoms with Crippen molar-refractivity contribution in [3.63, 3.8) is 0 Å². The first-order valence-corrected chi connectivity index (χ1v) is 11.3. The maximum atomic E-state index is 11.9. The van der Waals surface area contributed by atoms with Crippen LogP contribution in [-0.4, -0.2) is 27.3 Å². The summed E-state index contributed by atoms with van der Waals surface area (Å²) in [7, 11) is 0. The zero-order valence-electron chi connectivity index (χ0n) is 18.4. The quantitative estimate of drug-likeness (QED) is 0.259. The summed E-state index contributed by atoms with van der Waals surface area (Å²) >= 11 is 1.67. The van der Waals surface area contributed by atoms with Crippen molar-refractivity contribution >= 4 is 29.5 Å². The zero-order valence-corrected chi connectivity index (χ0v) is 19.2. The van der Waals surface area contributed by atoms with Crippen LogP contribution < -0.4 is 0 Å². The minimum Gasteiger partial charge on any atom is -0.462 e. The highest BCUT2D eigenvalue weighted by atomic mass is 32.1. The number of carbonyl (C=O) groups is 1. The molecule has 2 aromatic carbocycles. The van der Waals surface area contributed by atoms with Gasteiger partial charge in [-0.2, -0.15) is 5.10 Å². The number of ether oxygens (including phenoxy) is 1. The highest BCUT2D eigenvalue weighted by Gasteiger charge is 2.14. The van der Waals surface area contributed by atoms with Gasteiger partial charge in [-0.3, -0.25) is 4.68 Å². The van der Waals surface area contributed by atoms with E-state index in [1.54, 1.807) is 29.1 Å². The zero-order chi connectivity index (χ0) is 22.5. The number of hydrogen-bond acceptors (Lipinski definition) is 5. The Labute approximate surface area is 192 Å². The number of thiazole rings is 1. The van der Waals surface area contributed by atoms with E-state index >= 15 is 0 Å². The Morgan fingerprint density at radius 2 is 1.88 bits per heavy atom. The van der Waals surface area contributed by atoms with Crippen LogP contribution in [0.1, 0.15) is 44.5 Å². The molecule has 0 unspecified atom stereocenters. The maximum Gasteiger partial charge on any atom is 0.341 e. The van der Waals surface area contributed by atoms with E-state index in [4.69, 9.17) is 9.72 Å². The predicted octanol–water partition coefficient (Wildman–Crippen LogP) is 6.02. The molecule has 0 saturated carbocycles. The second-order valence-corrected chi connectivity index (χ2v) is 8.75. The molecule has 0 radical (unpaired) electrons. The van der Waals surface area contributed by atoms with Crippen LogP contribution in [0.3, 0.4) is 0 Å². The van der Waals surface area contributed by atoms with Crippen molar-refractivity contribution in [3.05, 3.63) is 93.7 Å². The molecule has 0 saturated heterocycles. The molecule has 162 valence electrons. The summed E-state index contributed by atoms with van der Waals surface area (Å²) < 4.78 is 6.76. The lowest BCUT2D eigenvalue weighted by atomic mass is 10.1. The molecule has 0 aliphatic heterocycles. The Morgan fingerprint density at radius 1 is 1.09 bits per heavy atom. The van der Waals surface area contributed by atoms with Crippen LogP contribution in [0.5, 0.6) is 0 Å². The average molecular weight is 444 g/mol. The summed E-state index contributed by atoms with van der Waals surface area (Å²) in [4.78, 5) is 17.9. The average Bonchev–Trinajstić information content (AvgIpc) is 3.40. The molecule has 2 aromatic heterocycles. The van der Waals surface area contributed by atoms with Gasteiger partial charge in [-0.05, 0) is 49.6 Å². The summed E-state index contributed by atoms with van der Waals surface area (Å²) in [6, 6.07) is 16.8. The monoisotopic (exact) mass is 443 g/mol. The van der Waals surface area contributed by atoms with Crippen LogP contribution in [0.2, 0.25) is 0 Å². The predicted molar refractivity (Wildman–Crippen MR) is 130 cm³/mol. The third-order valence-corrected chi connectivity index (χ3v) is 6.03. The van der Waals surface area contributed by atoms with Gasteiger partial charge < -0.3 is 4.74 Å². The van der Waals surface area contributed by atoms with Crippen molar-refractivity contribution in [2.24, 2.45) is 0 Å². The number of nitrogens with zero attached hydrogens (tertiary/aromatic N) is 3. The molecule has 2 heterocycles. The maximum absolute atomic E-state index is 11.9. The minimum atomic E-state index is -0.356. The SMILES string of the molecule is CCOC(=O)c1cnn(Cc2nc(-c3cc(C)cc(/C=C/c4ccccc4)c3)sc2C)c1. The Hall–Kier alpha value is -3.51. The van der Waals surface area contributed by atoms with Gasteiger partial charge in [-0.1, -0.05) is 48.6 Å². The van der Waals surface area contributed by atoms with Crippen LogP contribution >= 0.6 is 11.3 Å². The van der Waals surface area contributed by atoms with Gasteiger partial charge in [0.2, 0.25) is 0 Å². The van der Waals surface area contributed by atoms with Crippen molar-refractivity contribution in [1.29, 1.82) is 0 Å². The van der Waals surface area contributed by atoms with Gasteiger partial charge in [0.05, 0.1) is 30.6 Å². The van der Waals surface area contributed by atoms with Crippen molar-refractivity contribution in [2.75, 3.05) is 6.61 Å². The Morgan fingerprint density at radius 3 is 2.66 bits per heavy atom. The summed E-state index contributed by atoms with van der Waals surface area (Å²) in [5, 5.41) is 5.27. The third kappa shape index (κ3) is 5.21. The molecule has 0 N–H and O–H groups in total. The van der Waals surface area contributed by atoms with E-state index in [2.05, 4.69) is 61.4 Å². The molecule has 0 amide bonds. The van der Waals surface area contributed by atoms with E-state index < -0.39 is 0 Å². The Kier molecular flexibility index (Phi) is 6.61. The van der Waals surface area contributed by atoms with Gasteiger partial charge in [0.1, 0.15) is 5.01 Å². The second kappa shape index (κ2) is 9.75. The highest BCUT2D eigenvalue weighted by molar-refractivity contribution is 7.15. The Bertz CT molecular complexity index is 1260. The molecule has 5 nitrogen and oxygen atoms in total. The van der Waals surface area contributed by atoms with E-state index in [1.807, 2.05) is 18.2 Å². The van der Waals surface area contributed by atoms with Crippen LogP contribution in [-0.2, 0) is 11.3 Å². The number of carbonyl (C=O) groups excluding carboxylic acids is 1. The number of hydrogen-bond donors (Lipinski definition) is 0. The van der Waals surface area contributed by atoms with Gasteiger partial charge in [0.25, 0.3) is 0 Å². The molecule has 4 rings (SSSR count). The fourth-order valence-electron chi connectivity index (χ4n) is 3.41. The molecule has 0 spiro atoms. The molecule has 6 heteroatoms. The van der Waals surface area contributed by atoms with E-state index in [0.717, 1.165) is 26.7 Å². The van der Waals surface area contributed by atoms with Crippen LogP contribution in [0, 0.1) is 13.8 Å². The summed E-state index contributed by atoms with van der Waals surface area (Å²) in [5.74, 6) is -0.356. The molecule has 0 bridgehead atoms. The van der Waals surface area contributed by atoms with E-state index in [-0.39, 0.29) is 5.97 Å². The number of benzene rings is 2. The van der Waals surface area contributed by atoms with Crippen molar-refractivity contribution in [2.45, 2.75) is 27.3 Å². The molecular formula is C26H25N3O2S. The first kappa shape index (κ1) is 21.7. The molecule has 0 atom stereocenters. The molecule has 0 aliphatic carbocycles. The van der Waals surface area contributed by atoms with Gasteiger partial charge in [0, 0.05) is 16.6 Å². The highest BCUT2D eigenvalue weighted by Crippen LogP contribution is 2.30. The van der Waals surface area contributed by atoms with E-state index in [9.17, 15) is 4.79 Å². The van der Waals surface area contributed by atoms with Crippen LogP contribution in [0.25, 0.3) is 22.7 Å². The lowest BCUT2D eigenvalue weighted by Crippen LogP contribution is -2.04. The lowest BCUT2D eigenvalue weighted by molar-refractivity contribution is 0.0526. The van der Waals surface area contributed by atoms with Crippen molar-refractivity contribution in [3.8, 4) is 10.6 Å². The standard InChI is InChI=1S/C26H25N3O2S/c1-4-31-26(30)23-15-27-29(16-23)17-24-19(3)32-25(28-24)22-13-18(2)12-21(14-22)11-10-20-8-6-5-7-9-20/h5-16H,4,17H2,1-3H3/b11-10+. The van der Waals surface area contributed by atoms with Crippen LogP contribution in [0.4, 0.5) is 0 Å². The van der Waals surface area contributed by atoms with Gasteiger partial charge in [-0.15, -0.1) is 11.3 Å². The second-order valence-electron chi connectivity index (χ2n) is 7.55. The third-order valence-electron chi connectivity index (χ3n) is 4.96. The fraction of sp³-hybridized carbons (Fsp3) is 0.192. The minimum absolute atomic E-state index is 0.345. The number of aromatic nitrogens is 3. The van der Waals surface area contributed by atoms with E-state index in [1.165, 1.54) is 17.3 Å². The number of rotatable bonds is 7. The first-order chi connectivity index (χ1) is 15.5. The Balaban J connectivity index is 1.55. The topological polar surface area (TPSA) is 57.0 Å². The van der Waals surface area contributed by atoms with E-state index in [0.29, 0.717) is 18.7 Å². The van der Waals surface area contributed by atoms with Crippen molar-refractivity contribution in [1.82, 2.24) is 14.8 Å². The van der Waals surface area contributed by atoms with Gasteiger partial charge in [0.15, 0.2) is 0 Å². The van der Waals surface area contributed by atoms with Crippen molar-refractivity contribution < 1.29 is 9.53 Å². The first-order valence-electron chi connectivity index (χ1n) is 10.5. The largest absolute Gasteiger partial charge is 0.462 e. The summed E-state index contributed by atoms with van der Waals surface area (Å²) in [5.41, 5.74) is 6.01. The molecular weight excluding hydrogens is 418 g/mol. The number of aryl methyl sites for hydroxylation is 2. The normalized spacial score (nSPS) is 11.2. The summed E-state index contributed by atoms with van der Waals surface area (Å²) in [6.45, 7) is 6.81. The van der Waals surface area contributed by atoms with Gasteiger partial charge >= 0.3 is 5.97 Å².